The van der Waals surface area contributed by atoms with Crippen molar-refractivity contribution in [1.82, 2.24) is 10.7 Å². The van der Waals surface area contributed by atoms with Gasteiger partial charge in [0.15, 0.2) is 0 Å². The van der Waals surface area contributed by atoms with Crippen LogP contribution in [0.2, 0.25) is 0 Å². The summed E-state index contributed by atoms with van der Waals surface area (Å²) >= 11 is 0. The summed E-state index contributed by atoms with van der Waals surface area (Å²) in [5, 5.41) is 6.11. The summed E-state index contributed by atoms with van der Waals surface area (Å²) in [6.45, 7) is 0. The zero-order valence-electron chi connectivity index (χ0n) is 7.32. The number of urea groups is 1. The van der Waals surface area contributed by atoms with Crippen LogP contribution in [0.15, 0.2) is 35.4 Å². The van der Waals surface area contributed by atoms with Gasteiger partial charge in [0.1, 0.15) is 0 Å². The molecule has 68 valence electrons. The summed E-state index contributed by atoms with van der Waals surface area (Å²) in [6, 6.07) is 9.20. The van der Waals surface area contributed by atoms with Crippen LogP contribution in [0.4, 0.5) is 4.79 Å². The second-order valence-electron chi connectivity index (χ2n) is 2.36. The minimum absolute atomic E-state index is 0.327. The Balaban J connectivity index is 2.45. The minimum atomic E-state index is -0.327. The average Bonchev–Trinajstić information content (AvgIpc) is 2.19. The first-order valence-corrected chi connectivity index (χ1v) is 3.89. The Hall–Kier alpha value is -1.84. The summed E-state index contributed by atoms with van der Waals surface area (Å²) in [5.41, 5.74) is 3.24. The highest BCUT2D eigenvalue weighted by molar-refractivity contribution is 5.81. The molecule has 1 aromatic rings. The molecule has 1 aromatic carbocycles. The average molecular weight is 177 g/mol. The van der Waals surface area contributed by atoms with Crippen LogP contribution in [0.25, 0.3) is 0 Å². The lowest BCUT2D eigenvalue weighted by Gasteiger charge is -1.95. The fourth-order valence-electron chi connectivity index (χ4n) is 0.760. The van der Waals surface area contributed by atoms with Gasteiger partial charge in [-0.1, -0.05) is 30.3 Å². The van der Waals surface area contributed by atoms with E-state index in [2.05, 4.69) is 15.8 Å². The third-order valence-corrected chi connectivity index (χ3v) is 1.41. The first-order chi connectivity index (χ1) is 6.33. The Bertz CT molecular complexity index is 295. The number of hydrogen-bond acceptors (Lipinski definition) is 2. The van der Waals surface area contributed by atoms with Crippen LogP contribution in [0, 0.1) is 0 Å². The molecule has 0 atom stereocenters. The maximum atomic E-state index is 10.7. The van der Waals surface area contributed by atoms with E-state index in [0.29, 0.717) is 0 Å². The topological polar surface area (TPSA) is 53.5 Å². The quantitative estimate of drug-likeness (QED) is 0.513. The molecule has 0 radical (unpaired) electrons. The maximum Gasteiger partial charge on any atom is 0.334 e. The molecule has 0 aromatic heterocycles. The summed E-state index contributed by atoms with van der Waals surface area (Å²) < 4.78 is 0. The SMILES string of the molecule is CNC(=O)N/N=C\c1ccccc1. The Morgan fingerprint density at radius 2 is 2.08 bits per heavy atom. The normalized spacial score (nSPS) is 9.92. The number of hydrogen-bond donors (Lipinski definition) is 2. The van der Waals surface area contributed by atoms with Crippen molar-refractivity contribution in [3.63, 3.8) is 0 Å². The molecule has 0 saturated carbocycles. The highest BCUT2D eigenvalue weighted by Gasteiger charge is 1.89. The van der Waals surface area contributed by atoms with Gasteiger partial charge in [0, 0.05) is 7.05 Å². The molecule has 0 spiro atoms. The highest BCUT2D eigenvalue weighted by Crippen LogP contribution is 1.92. The van der Waals surface area contributed by atoms with E-state index in [1.54, 1.807) is 6.21 Å². The Labute approximate surface area is 76.7 Å². The molecule has 4 nitrogen and oxygen atoms in total. The van der Waals surface area contributed by atoms with Crippen LogP contribution < -0.4 is 10.7 Å². The molecule has 2 N–H and O–H groups in total. The Morgan fingerprint density at radius 1 is 1.38 bits per heavy atom. The number of carbonyl (C=O) groups excluding carboxylic acids is 1. The molecule has 0 aliphatic carbocycles. The van der Waals surface area contributed by atoms with Crippen molar-refractivity contribution in [2.75, 3.05) is 7.05 Å². The van der Waals surface area contributed by atoms with Gasteiger partial charge in [-0.3, -0.25) is 0 Å². The number of amides is 2. The van der Waals surface area contributed by atoms with Gasteiger partial charge in [-0.15, -0.1) is 0 Å². The van der Waals surface area contributed by atoms with Crippen molar-refractivity contribution in [2.45, 2.75) is 0 Å². The van der Waals surface area contributed by atoms with E-state index in [-0.39, 0.29) is 6.03 Å². The monoisotopic (exact) mass is 177 g/mol. The van der Waals surface area contributed by atoms with Crippen LogP contribution in [-0.2, 0) is 0 Å². The molecule has 0 aliphatic heterocycles. The lowest BCUT2D eigenvalue weighted by Crippen LogP contribution is -2.28. The maximum absolute atomic E-state index is 10.7. The Kier molecular flexibility index (Phi) is 3.50. The second-order valence-corrected chi connectivity index (χ2v) is 2.36. The molecule has 0 bridgehead atoms. The van der Waals surface area contributed by atoms with Gasteiger partial charge in [0.25, 0.3) is 0 Å². The number of rotatable bonds is 2. The molecular weight excluding hydrogens is 166 g/mol. The van der Waals surface area contributed by atoms with Crippen LogP contribution in [0.3, 0.4) is 0 Å². The van der Waals surface area contributed by atoms with Crippen molar-refractivity contribution in [1.29, 1.82) is 0 Å². The van der Waals surface area contributed by atoms with E-state index in [4.69, 9.17) is 0 Å². The number of nitrogens with one attached hydrogen (secondary N) is 2. The van der Waals surface area contributed by atoms with E-state index in [0.717, 1.165) is 5.56 Å². The lowest BCUT2D eigenvalue weighted by atomic mass is 10.2. The van der Waals surface area contributed by atoms with Gasteiger partial charge >= 0.3 is 6.03 Å². The van der Waals surface area contributed by atoms with Crippen LogP contribution >= 0.6 is 0 Å². The summed E-state index contributed by atoms with van der Waals surface area (Å²) in [6.07, 6.45) is 1.58. The molecule has 0 aliphatic rings. The molecule has 13 heavy (non-hydrogen) atoms. The van der Waals surface area contributed by atoms with Gasteiger partial charge in [-0.25, -0.2) is 10.2 Å². The fourth-order valence-corrected chi connectivity index (χ4v) is 0.760. The number of carbonyl (C=O) groups is 1. The van der Waals surface area contributed by atoms with Crippen molar-refractivity contribution < 1.29 is 4.79 Å². The van der Waals surface area contributed by atoms with Crippen molar-refractivity contribution >= 4 is 12.2 Å². The number of hydrazone groups is 1. The highest BCUT2D eigenvalue weighted by atomic mass is 16.2. The zero-order valence-corrected chi connectivity index (χ0v) is 7.32. The van der Waals surface area contributed by atoms with E-state index >= 15 is 0 Å². The summed E-state index contributed by atoms with van der Waals surface area (Å²) in [7, 11) is 1.54. The molecule has 0 unspecified atom stereocenters. The van der Waals surface area contributed by atoms with Gasteiger partial charge in [0.2, 0.25) is 0 Å². The predicted octanol–water partition coefficient (Wildman–Crippen LogP) is 0.950. The standard InChI is InChI=1S/C9H11N3O/c1-10-9(13)12-11-7-8-5-3-2-4-6-8/h2-7H,1H3,(H2,10,12,13)/b11-7-. The number of nitrogens with zero attached hydrogens (tertiary/aromatic N) is 1. The third-order valence-electron chi connectivity index (χ3n) is 1.41. The van der Waals surface area contributed by atoms with E-state index in [1.807, 2.05) is 30.3 Å². The molecule has 0 fully saturated rings. The minimum Gasteiger partial charge on any atom is -0.340 e. The largest absolute Gasteiger partial charge is 0.340 e. The second kappa shape index (κ2) is 4.92. The van der Waals surface area contributed by atoms with Crippen molar-refractivity contribution in [2.24, 2.45) is 5.10 Å². The molecule has 0 heterocycles. The summed E-state index contributed by atoms with van der Waals surface area (Å²) in [4.78, 5) is 10.7. The van der Waals surface area contributed by atoms with E-state index < -0.39 is 0 Å². The number of benzene rings is 1. The van der Waals surface area contributed by atoms with Crippen LogP contribution in [-0.4, -0.2) is 19.3 Å². The smallest absolute Gasteiger partial charge is 0.334 e. The molecule has 1 rings (SSSR count). The van der Waals surface area contributed by atoms with Gasteiger partial charge in [-0.2, -0.15) is 5.10 Å². The first-order valence-electron chi connectivity index (χ1n) is 3.89. The van der Waals surface area contributed by atoms with E-state index in [9.17, 15) is 4.79 Å². The molecule has 2 amide bonds. The fraction of sp³-hybridized carbons (Fsp3) is 0.111. The van der Waals surface area contributed by atoms with Crippen molar-refractivity contribution in [3.05, 3.63) is 35.9 Å². The summed E-state index contributed by atoms with van der Waals surface area (Å²) in [5.74, 6) is 0. The van der Waals surface area contributed by atoms with E-state index in [1.165, 1.54) is 7.05 Å². The Morgan fingerprint density at radius 3 is 2.69 bits per heavy atom. The van der Waals surface area contributed by atoms with Gasteiger partial charge in [0.05, 0.1) is 6.21 Å². The van der Waals surface area contributed by atoms with Gasteiger partial charge < -0.3 is 5.32 Å². The molecule has 4 heteroatoms. The molecular formula is C9H11N3O. The van der Waals surface area contributed by atoms with Gasteiger partial charge in [-0.05, 0) is 5.56 Å². The van der Waals surface area contributed by atoms with Crippen LogP contribution in [0.1, 0.15) is 5.56 Å². The molecule has 0 saturated heterocycles. The van der Waals surface area contributed by atoms with Crippen LogP contribution in [0.5, 0.6) is 0 Å². The zero-order chi connectivity index (χ0) is 9.52. The first kappa shape index (κ1) is 9.25. The lowest BCUT2D eigenvalue weighted by molar-refractivity contribution is 0.243. The predicted molar refractivity (Wildman–Crippen MR) is 51.6 cm³/mol. The third kappa shape index (κ3) is 3.37. The van der Waals surface area contributed by atoms with Crippen molar-refractivity contribution in [3.8, 4) is 0 Å².